The van der Waals surface area contributed by atoms with E-state index in [1.54, 1.807) is 52.0 Å². The third kappa shape index (κ3) is 7.71. The molecule has 0 unspecified atom stereocenters. The summed E-state index contributed by atoms with van der Waals surface area (Å²) in [5.41, 5.74) is 7.34. The lowest BCUT2D eigenvalue weighted by Gasteiger charge is -2.39. The molecule has 1 saturated heterocycles. The molecule has 3 atom stereocenters. The molecule has 0 aliphatic carbocycles. The van der Waals surface area contributed by atoms with Crippen molar-refractivity contribution in [3.63, 3.8) is 0 Å². The van der Waals surface area contributed by atoms with Gasteiger partial charge in [-0.15, -0.1) is 0 Å². The van der Waals surface area contributed by atoms with Crippen molar-refractivity contribution in [3.8, 4) is 0 Å². The Morgan fingerprint density at radius 3 is 2.39 bits per heavy atom. The first-order valence-electron chi connectivity index (χ1n) is 12.7. The molecule has 1 aliphatic heterocycles. The number of nitrogens with two attached hydrogens (primary N) is 1. The number of likely N-dealkylation sites (tertiary alicyclic amines) is 1. The Kier molecular flexibility index (Phi) is 9.33. The maximum atomic E-state index is 13.4. The van der Waals surface area contributed by atoms with E-state index in [0.717, 1.165) is 11.1 Å². The number of nitrogens with one attached hydrogen (secondary N) is 2. The highest BCUT2D eigenvalue weighted by Crippen LogP contribution is 2.32. The van der Waals surface area contributed by atoms with Gasteiger partial charge in [0.05, 0.1) is 0 Å². The molecule has 10 heteroatoms. The fraction of sp³-hybridized carbons (Fsp3) is 0.429. The Balaban J connectivity index is 1.65. The van der Waals surface area contributed by atoms with Gasteiger partial charge in [0, 0.05) is 18.7 Å². The molecule has 0 aromatic heterocycles. The van der Waals surface area contributed by atoms with Crippen LogP contribution in [0.1, 0.15) is 63.1 Å². The SMILES string of the molecule is C[C@H](NC(=O)[C@H]1C[C@@H](c2ccccc2)CCN1C(=O)OC(C)(C)C)C(=O)NCc1ccc(/C(N)=N/O)cc1. The number of oxime groups is 1. The van der Waals surface area contributed by atoms with Crippen LogP contribution >= 0.6 is 0 Å². The van der Waals surface area contributed by atoms with Crippen molar-refractivity contribution in [2.24, 2.45) is 10.9 Å². The molecule has 1 heterocycles. The van der Waals surface area contributed by atoms with Gasteiger partial charge in [-0.05, 0) is 57.6 Å². The van der Waals surface area contributed by atoms with Crippen LogP contribution in [0.25, 0.3) is 0 Å². The summed E-state index contributed by atoms with van der Waals surface area (Å²) in [5, 5.41) is 17.3. The van der Waals surface area contributed by atoms with Crippen LogP contribution in [-0.4, -0.2) is 58.1 Å². The lowest BCUT2D eigenvalue weighted by molar-refractivity contribution is -0.132. The number of carbonyl (C=O) groups excluding carboxylic acids is 3. The van der Waals surface area contributed by atoms with E-state index in [-0.39, 0.29) is 24.2 Å². The number of amidine groups is 1. The topological polar surface area (TPSA) is 146 Å². The zero-order chi connectivity index (χ0) is 27.9. The first kappa shape index (κ1) is 28.5. The average Bonchev–Trinajstić information content (AvgIpc) is 2.90. The molecular weight excluding hydrogens is 486 g/mol. The summed E-state index contributed by atoms with van der Waals surface area (Å²) in [6.07, 6.45) is 0.588. The predicted octanol–water partition coefficient (Wildman–Crippen LogP) is 3.09. The lowest BCUT2D eigenvalue weighted by atomic mass is 9.85. The van der Waals surface area contributed by atoms with Gasteiger partial charge in [0.25, 0.3) is 0 Å². The number of amides is 3. The van der Waals surface area contributed by atoms with E-state index in [9.17, 15) is 14.4 Å². The van der Waals surface area contributed by atoms with Gasteiger partial charge in [-0.25, -0.2) is 4.79 Å². The molecule has 10 nitrogen and oxygen atoms in total. The van der Waals surface area contributed by atoms with Crippen LogP contribution in [-0.2, 0) is 20.9 Å². The van der Waals surface area contributed by atoms with E-state index < -0.39 is 29.7 Å². The number of benzene rings is 2. The van der Waals surface area contributed by atoms with Crippen LogP contribution in [0, 0.1) is 0 Å². The number of carbonyl (C=O) groups is 3. The Hall–Kier alpha value is -4.08. The third-order valence-corrected chi connectivity index (χ3v) is 6.38. The molecule has 1 aliphatic rings. The lowest BCUT2D eigenvalue weighted by Crippen LogP contribution is -2.57. The van der Waals surface area contributed by atoms with Gasteiger partial charge in [0.2, 0.25) is 11.8 Å². The first-order chi connectivity index (χ1) is 18.0. The van der Waals surface area contributed by atoms with Crippen LogP contribution in [0.3, 0.4) is 0 Å². The van der Waals surface area contributed by atoms with Crippen molar-refractivity contribution in [1.82, 2.24) is 15.5 Å². The highest BCUT2D eigenvalue weighted by Gasteiger charge is 2.39. The predicted molar refractivity (Wildman–Crippen MR) is 144 cm³/mol. The average molecular weight is 524 g/mol. The second kappa shape index (κ2) is 12.4. The molecule has 0 saturated carbocycles. The second-order valence-electron chi connectivity index (χ2n) is 10.5. The molecule has 0 bridgehead atoms. The summed E-state index contributed by atoms with van der Waals surface area (Å²) >= 11 is 0. The molecular formula is C28H37N5O5. The van der Waals surface area contributed by atoms with Gasteiger partial charge in [0.15, 0.2) is 5.84 Å². The van der Waals surface area contributed by atoms with E-state index in [0.29, 0.717) is 24.9 Å². The van der Waals surface area contributed by atoms with Gasteiger partial charge >= 0.3 is 6.09 Å². The minimum absolute atomic E-state index is 0.00504. The number of rotatable bonds is 7. The molecule has 0 spiro atoms. The number of ether oxygens (including phenoxy) is 1. The monoisotopic (exact) mass is 523 g/mol. The first-order valence-corrected chi connectivity index (χ1v) is 12.7. The minimum Gasteiger partial charge on any atom is -0.444 e. The van der Waals surface area contributed by atoms with Gasteiger partial charge < -0.3 is 26.3 Å². The Labute approximate surface area is 223 Å². The largest absolute Gasteiger partial charge is 0.444 e. The summed E-state index contributed by atoms with van der Waals surface area (Å²) in [7, 11) is 0. The Morgan fingerprint density at radius 1 is 1.13 bits per heavy atom. The summed E-state index contributed by atoms with van der Waals surface area (Å²) in [4.78, 5) is 40.5. The minimum atomic E-state index is -0.823. The summed E-state index contributed by atoms with van der Waals surface area (Å²) < 4.78 is 5.57. The molecule has 1 fully saturated rings. The Morgan fingerprint density at radius 2 is 1.79 bits per heavy atom. The van der Waals surface area contributed by atoms with Crippen molar-refractivity contribution in [2.75, 3.05) is 6.54 Å². The number of nitrogens with zero attached hydrogens (tertiary/aromatic N) is 2. The zero-order valence-corrected chi connectivity index (χ0v) is 22.3. The van der Waals surface area contributed by atoms with Crippen molar-refractivity contribution in [2.45, 2.75) is 70.7 Å². The second-order valence-corrected chi connectivity index (χ2v) is 10.5. The van der Waals surface area contributed by atoms with Crippen molar-refractivity contribution < 1.29 is 24.3 Å². The van der Waals surface area contributed by atoms with E-state index >= 15 is 0 Å². The van der Waals surface area contributed by atoms with E-state index in [2.05, 4.69) is 15.8 Å². The highest BCUT2D eigenvalue weighted by atomic mass is 16.6. The molecule has 2 aromatic carbocycles. The standard InChI is InChI=1S/C28H37N5O5/c1-18(25(34)30-17-19-10-12-21(13-11-19)24(29)32-37)31-26(35)23-16-22(20-8-6-5-7-9-20)14-15-33(23)27(36)38-28(2,3)4/h5-13,18,22-23,37H,14-17H2,1-4H3,(H2,29,32)(H,30,34)(H,31,35)/t18-,22-,23+/m0/s1. The van der Waals surface area contributed by atoms with Crippen LogP contribution in [0.4, 0.5) is 4.79 Å². The summed E-state index contributed by atoms with van der Waals surface area (Å²) in [5.74, 6) is -0.669. The summed E-state index contributed by atoms with van der Waals surface area (Å²) in [6, 6.07) is 15.2. The normalized spacial score (nSPS) is 18.8. The molecule has 3 rings (SSSR count). The molecule has 2 aromatic rings. The van der Waals surface area contributed by atoms with Gasteiger partial charge in [-0.2, -0.15) is 0 Å². The van der Waals surface area contributed by atoms with Crippen LogP contribution < -0.4 is 16.4 Å². The molecule has 38 heavy (non-hydrogen) atoms. The maximum Gasteiger partial charge on any atom is 0.410 e. The van der Waals surface area contributed by atoms with Crippen LogP contribution in [0.2, 0.25) is 0 Å². The van der Waals surface area contributed by atoms with Crippen molar-refractivity contribution >= 4 is 23.7 Å². The molecule has 204 valence electrons. The fourth-order valence-electron chi connectivity index (χ4n) is 4.35. The molecule has 3 amide bonds. The zero-order valence-electron chi connectivity index (χ0n) is 22.3. The Bertz CT molecular complexity index is 1140. The van der Waals surface area contributed by atoms with Gasteiger partial charge in [-0.3, -0.25) is 14.5 Å². The maximum absolute atomic E-state index is 13.4. The van der Waals surface area contributed by atoms with E-state index in [1.165, 1.54) is 4.90 Å². The quantitative estimate of drug-likeness (QED) is 0.190. The summed E-state index contributed by atoms with van der Waals surface area (Å²) in [6.45, 7) is 7.56. The smallest absolute Gasteiger partial charge is 0.410 e. The van der Waals surface area contributed by atoms with Gasteiger partial charge in [0.1, 0.15) is 17.7 Å². The van der Waals surface area contributed by atoms with Crippen LogP contribution in [0.5, 0.6) is 0 Å². The number of hydrogen-bond acceptors (Lipinski definition) is 6. The number of piperidine rings is 1. The highest BCUT2D eigenvalue weighted by molar-refractivity contribution is 5.97. The van der Waals surface area contributed by atoms with Crippen molar-refractivity contribution in [3.05, 3.63) is 71.3 Å². The van der Waals surface area contributed by atoms with Gasteiger partial charge in [-0.1, -0.05) is 59.8 Å². The van der Waals surface area contributed by atoms with E-state index in [4.69, 9.17) is 15.7 Å². The third-order valence-electron chi connectivity index (χ3n) is 6.38. The number of hydrogen-bond donors (Lipinski definition) is 4. The molecule has 0 radical (unpaired) electrons. The van der Waals surface area contributed by atoms with Crippen molar-refractivity contribution in [1.29, 1.82) is 0 Å². The van der Waals surface area contributed by atoms with Crippen LogP contribution in [0.15, 0.2) is 59.8 Å². The van der Waals surface area contributed by atoms with E-state index in [1.807, 2.05) is 30.3 Å². The molecule has 5 N–H and O–H groups in total. The fourth-order valence-corrected chi connectivity index (χ4v) is 4.35.